The van der Waals surface area contributed by atoms with Crippen LogP contribution < -0.4 is 5.32 Å². The van der Waals surface area contributed by atoms with Gasteiger partial charge in [-0.25, -0.2) is 9.37 Å². The van der Waals surface area contributed by atoms with Crippen molar-refractivity contribution in [1.29, 1.82) is 0 Å². The third-order valence-electron chi connectivity index (χ3n) is 2.46. The lowest BCUT2D eigenvalue weighted by atomic mass is 10.2. The van der Waals surface area contributed by atoms with E-state index in [1.807, 2.05) is 6.92 Å². The molecule has 0 unspecified atom stereocenters. The molecular formula is C13H9Br2FN2O. The lowest BCUT2D eigenvalue weighted by molar-refractivity contribution is 0.102. The first-order chi connectivity index (χ1) is 8.97. The highest BCUT2D eigenvalue weighted by molar-refractivity contribution is 9.10. The average Bonchev–Trinajstić information content (AvgIpc) is 2.36. The Morgan fingerprint density at radius 2 is 2.05 bits per heavy atom. The summed E-state index contributed by atoms with van der Waals surface area (Å²) in [6.45, 7) is 1.88. The molecule has 0 saturated carbocycles. The minimum Gasteiger partial charge on any atom is -0.306 e. The van der Waals surface area contributed by atoms with E-state index in [2.05, 4.69) is 42.2 Å². The lowest BCUT2D eigenvalue weighted by Gasteiger charge is -2.07. The van der Waals surface area contributed by atoms with Crippen LogP contribution in [0.2, 0.25) is 0 Å². The van der Waals surface area contributed by atoms with Gasteiger partial charge in [-0.2, -0.15) is 0 Å². The normalized spacial score (nSPS) is 10.3. The number of pyridine rings is 1. The summed E-state index contributed by atoms with van der Waals surface area (Å²) < 4.78 is 15.0. The van der Waals surface area contributed by atoms with Gasteiger partial charge in [-0.15, -0.1) is 0 Å². The number of aromatic nitrogens is 1. The Balaban J connectivity index is 2.25. The van der Waals surface area contributed by atoms with Gasteiger partial charge in [0.25, 0.3) is 5.91 Å². The van der Waals surface area contributed by atoms with Gasteiger partial charge in [-0.05, 0) is 52.7 Å². The van der Waals surface area contributed by atoms with E-state index < -0.39 is 11.7 Å². The maximum Gasteiger partial charge on any atom is 0.259 e. The zero-order valence-corrected chi connectivity index (χ0v) is 13.0. The zero-order chi connectivity index (χ0) is 14.0. The first-order valence-electron chi connectivity index (χ1n) is 5.36. The fourth-order valence-corrected chi connectivity index (χ4v) is 2.04. The van der Waals surface area contributed by atoms with E-state index in [4.69, 9.17) is 0 Å². The number of halogens is 3. The number of benzene rings is 1. The van der Waals surface area contributed by atoms with Gasteiger partial charge in [-0.3, -0.25) is 4.79 Å². The van der Waals surface area contributed by atoms with Crippen LogP contribution in [0.25, 0.3) is 0 Å². The highest BCUT2D eigenvalue weighted by Crippen LogP contribution is 2.19. The molecule has 0 aliphatic carbocycles. The van der Waals surface area contributed by atoms with Crippen molar-refractivity contribution >= 4 is 43.6 Å². The van der Waals surface area contributed by atoms with Crippen LogP contribution in [0.1, 0.15) is 15.9 Å². The Morgan fingerprint density at radius 3 is 2.74 bits per heavy atom. The molecule has 0 saturated heterocycles. The second-order valence-corrected chi connectivity index (χ2v) is 5.67. The number of hydrogen-bond acceptors (Lipinski definition) is 2. The summed E-state index contributed by atoms with van der Waals surface area (Å²) in [5, 5.41) is 2.56. The third kappa shape index (κ3) is 3.39. The second-order valence-electron chi connectivity index (χ2n) is 3.90. The van der Waals surface area contributed by atoms with Crippen molar-refractivity contribution in [2.45, 2.75) is 6.92 Å². The second kappa shape index (κ2) is 5.79. The molecule has 1 amide bonds. The minimum absolute atomic E-state index is 0.0308. The standard InChI is InChI=1S/C13H9Br2FN2O/c1-7-4-12(17-6-10(7)15)18-13(19)9-5-8(14)2-3-11(9)16/h2-6H,1H3,(H,17,18,19). The summed E-state index contributed by atoms with van der Waals surface area (Å²) in [4.78, 5) is 16.0. The maximum absolute atomic E-state index is 13.6. The molecule has 3 nitrogen and oxygen atoms in total. The van der Waals surface area contributed by atoms with Gasteiger partial charge in [0.05, 0.1) is 5.56 Å². The van der Waals surface area contributed by atoms with Crippen LogP contribution in [0.4, 0.5) is 10.2 Å². The van der Waals surface area contributed by atoms with Crippen LogP contribution in [0.15, 0.2) is 39.4 Å². The monoisotopic (exact) mass is 386 g/mol. The first-order valence-corrected chi connectivity index (χ1v) is 6.94. The van der Waals surface area contributed by atoms with Crippen molar-refractivity contribution in [2.24, 2.45) is 0 Å². The molecule has 0 atom stereocenters. The average molecular weight is 388 g/mol. The molecule has 19 heavy (non-hydrogen) atoms. The predicted molar refractivity (Wildman–Crippen MR) is 78.7 cm³/mol. The van der Waals surface area contributed by atoms with E-state index in [1.165, 1.54) is 18.2 Å². The lowest BCUT2D eigenvalue weighted by Crippen LogP contribution is -2.14. The maximum atomic E-state index is 13.6. The molecule has 0 spiro atoms. The van der Waals surface area contributed by atoms with Crippen molar-refractivity contribution in [3.8, 4) is 0 Å². The quantitative estimate of drug-likeness (QED) is 0.834. The van der Waals surface area contributed by atoms with Gasteiger partial charge < -0.3 is 5.32 Å². The summed E-state index contributed by atoms with van der Waals surface area (Å²) in [6.07, 6.45) is 1.59. The Hall–Kier alpha value is -1.27. The Labute approximate surface area is 126 Å². The number of aryl methyl sites for hydroxylation is 1. The van der Waals surface area contributed by atoms with Crippen LogP contribution in [-0.2, 0) is 0 Å². The Morgan fingerprint density at radius 1 is 1.32 bits per heavy atom. The largest absolute Gasteiger partial charge is 0.306 e. The van der Waals surface area contributed by atoms with Crippen LogP contribution in [0, 0.1) is 12.7 Å². The molecule has 0 bridgehead atoms. The van der Waals surface area contributed by atoms with Crippen molar-refractivity contribution in [3.63, 3.8) is 0 Å². The van der Waals surface area contributed by atoms with E-state index in [0.717, 1.165) is 10.0 Å². The number of hydrogen-bond donors (Lipinski definition) is 1. The summed E-state index contributed by atoms with van der Waals surface area (Å²) in [5.41, 5.74) is 0.900. The molecule has 0 radical (unpaired) electrons. The number of nitrogens with zero attached hydrogens (tertiary/aromatic N) is 1. The highest BCUT2D eigenvalue weighted by Gasteiger charge is 2.13. The molecule has 98 valence electrons. The molecular weight excluding hydrogens is 379 g/mol. The molecule has 1 aromatic carbocycles. The summed E-state index contributed by atoms with van der Waals surface area (Å²) >= 11 is 6.52. The van der Waals surface area contributed by atoms with E-state index in [9.17, 15) is 9.18 Å². The van der Waals surface area contributed by atoms with E-state index in [0.29, 0.717) is 10.3 Å². The molecule has 1 aromatic heterocycles. The van der Waals surface area contributed by atoms with Crippen molar-refractivity contribution < 1.29 is 9.18 Å². The molecule has 1 N–H and O–H groups in total. The molecule has 2 rings (SSSR count). The van der Waals surface area contributed by atoms with Gasteiger partial charge in [0.1, 0.15) is 11.6 Å². The van der Waals surface area contributed by atoms with Gasteiger partial charge >= 0.3 is 0 Å². The summed E-state index contributed by atoms with van der Waals surface area (Å²) in [7, 11) is 0. The van der Waals surface area contributed by atoms with Crippen LogP contribution >= 0.6 is 31.9 Å². The Kier molecular flexibility index (Phi) is 4.31. The number of carbonyl (C=O) groups is 1. The van der Waals surface area contributed by atoms with Crippen molar-refractivity contribution in [2.75, 3.05) is 5.32 Å². The van der Waals surface area contributed by atoms with Gasteiger partial charge in [0.15, 0.2) is 0 Å². The smallest absolute Gasteiger partial charge is 0.259 e. The molecule has 1 heterocycles. The first kappa shape index (κ1) is 14.1. The van der Waals surface area contributed by atoms with Crippen LogP contribution in [-0.4, -0.2) is 10.9 Å². The zero-order valence-electron chi connectivity index (χ0n) is 9.88. The Bertz CT molecular complexity index is 647. The minimum atomic E-state index is -0.575. The molecule has 2 aromatic rings. The number of rotatable bonds is 2. The fraction of sp³-hybridized carbons (Fsp3) is 0.0769. The SMILES string of the molecule is Cc1cc(NC(=O)c2cc(Br)ccc2F)ncc1Br. The number of nitrogens with one attached hydrogen (secondary N) is 1. The summed E-state index contributed by atoms with van der Waals surface area (Å²) in [6, 6.07) is 5.90. The number of amides is 1. The number of anilines is 1. The van der Waals surface area contributed by atoms with Crippen LogP contribution in [0.5, 0.6) is 0 Å². The highest BCUT2D eigenvalue weighted by atomic mass is 79.9. The third-order valence-corrected chi connectivity index (χ3v) is 3.78. The van der Waals surface area contributed by atoms with Gasteiger partial charge in [0.2, 0.25) is 0 Å². The van der Waals surface area contributed by atoms with E-state index >= 15 is 0 Å². The molecule has 0 aliphatic rings. The fourth-order valence-electron chi connectivity index (χ4n) is 1.46. The van der Waals surface area contributed by atoms with Crippen molar-refractivity contribution in [1.82, 2.24) is 4.98 Å². The van der Waals surface area contributed by atoms with Crippen LogP contribution in [0.3, 0.4) is 0 Å². The topological polar surface area (TPSA) is 42.0 Å². The molecule has 0 aliphatic heterocycles. The van der Waals surface area contributed by atoms with E-state index in [-0.39, 0.29) is 5.56 Å². The molecule has 0 fully saturated rings. The summed E-state index contributed by atoms with van der Waals surface area (Å²) in [5.74, 6) is -0.729. The van der Waals surface area contributed by atoms with Crippen molar-refractivity contribution in [3.05, 3.63) is 56.4 Å². The van der Waals surface area contributed by atoms with E-state index in [1.54, 1.807) is 12.3 Å². The number of carbonyl (C=O) groups excluding carboxylic acids is 1. The molecule has 6 heteroatoms. The van der Waals surface area contributed by atoms with Gasteiger partial charge in [0, 0.05) is 15.1 Å². The van der Waals surface area contributed by atoms with Gasteiger partial charge in [-0.1, -0.05) is 15.9 Å². The predicted octanol–water partition coefficient (Wildman–Crippen LogP) is 4.31.